The van der Waals surface area contributed by atoms with Gasteiger partial charge >= 0.3 is 0 Å². The molecule has 135 valence electrons. The Morgan fingerprint density at radius 2 is 0.917 bits per heavy atom. The minimum Gasteiger partial charge on any atom is -0.508 e. The summed E-state index contributed by atoms with van der Waals surface area (Å²) >= 11 is 0. The number of phenols is 2. The smallest absolute Gasteiger partial charge is 0.119 e. The van der Waals surface area contributed by atoms with Crippen LogP contribution in [0.25, 0.3) is 0 Å². The topological polar surface area (TPSA) is 49.7 Å². The average Bonchev–Trinajstić information content (AvgIpc) is 2.64. The first-order valence-corrected chi connectivity index (χ1v) is 8.20. The van der Waals surface area contributed by atoms with Crippen molar-refractivity contribution in [3.05, 3.63) is 54.1 Å². The van der Waals surface area contributed by atoms with Gasteiger partial charge in [0, 0.05) is 8.41 Å². The highest BCUT2D eigenvalue weighted by Gasteiger charge is 1.87. The number of aromatic hydroxyl groups is 2. The van der Waals surface area contributed by atoms with Crippen molar-refractivity contribution in [3.63, 3.8) is 0 Å². The molecule has 0 atom stereocenters. The Balaban J connectivity index is -0.000000124. The van der Waals surface area contributed by atoms with Crippen LogP contribution < -0.4 is 4.74 Å². The van der Waals surface area contributed by atoms with Crippen LogP contribution in [0.1, 0.15) is 47.1 Å². The molecule has 0 aliphatic heterocycles. The predicted molar refractivity (Wildman–Crippen MR) is 107 cm³/mol. The third-order valence-electron chi connectivity index (χ3n) is 2.11. The molecule has 2 aromatic carbocycles. The Bertz CT molecular complexity index is 418. The number of phenolic OH excluding ortho intramolecular Hbond substituents is 2. The normalized spacial score (nSPS) is 7.17. The SMILES string of the molecule is CC.CC.CC.COc1ccc(O)cc1.Cc1ccc(O)cc1.[B]. The van der Waals surface area contributed by atoms with Gasteiger partial charge in [-0.1, -0.05) is 59.2 Å². The molecule has 0 heterocycles. The number of benzene rings is 2. The molecule has 0 unspecified atom stereocenters. The summed E-state index contributed by atoms with van der Waals surface area (Å²) < 4.78 is 4.86. The Kier molecular flexibility index (Phi) is 28.8. The monoisotopic (exact) mass is 333 g/mol. The van der Waals surface area contributed by atoms with Crippen LogP contribution in [0.3, 0.4) is 0 Å². The summed E-state index contributed by atoms with van der Waals surface area (Å²) in [6.45, 7) is 14.0. The lowest BCUT2D eigenvalue weighted by atomic mass is 10.2. The van der Waals surface area contributed by atoms with Crippen LogP contribution in [-0.4, -0.2) is 25.7 Å². The molecule has 24 heavy (non-hydrogen) atoms. The second kappa shape index (κ2) is 23.2. The van der Waals surface area contributed by atoms with E-state index in [1.165, 1.54) is 5.56 Å². The standard InChI is InChI=1S/C7H8O2.C7H8O.3C2H6.B/c1-9-7-4-2-6(8)3-5-7;1-6-2-4-7(8)5-3-6;3*1-2;/h2-5,8H,1H3;2-5,8H,1H3;3*1-2H3;. The molecular weight excluding hydrogens is 299 g/mol. The molecule has 0 fully saturated rings. The van der Waals surface area contributed by atoms with Crippen molar-refractivity contribution in [2.24, 2.45) is 0 Å². The lowest BCUT2D eigenvalue weighted by Gasteiger charge is -1.96. The minimum atomic E-state index is 0. The molecule has 2 N–H and O–H groups in total. The van der Waals surface area contributed by atoms with Gasteiger partial charge in [-0.15, -0.1) is 0 Å². The van der Waals surface area contributed by atoms with E-state index in [4.69, 9.17) is 14.9 Å². The van der Waals surface area contributed by atoms with E-state index in [9.17, 15) is 0 Å². The molecule has 0 aromatic heterocycles. The second-order valence-electron chi connectivity index (χ2n) is 3.53. The van der Waals surface area contributed by atoms with Crippen molar-refractivity contribution in [2.75, 3.05) is 7.11 Å². The summed E-state index contributed by atoms with van der Waals surface area (Å²) in [5, 5.41) is 17.6. The van der Waals surface area contributed by atoms with E-state index in [1.54, 1.807) is 43.5 Å². The zero-order valence-electron chi connectivity index (χ0n) is 16.5. The van der Waals surface area contributed by atoms with E-state index in [0.29, 0.717) is 5.75 Å². The summed E-state index contributed by atoms with van der Waals surface area (Å²) in [5.41, 5.74) is 1.17. The van der Waals surface area contributed by atoms with Gasteiger partial charge in [-0.25, -0.2) is 0 Å². The second-order valence-corrected chi connectivity index (χ2v) is 3.53. The molecule has 4 heteroatoms. The van der Waals surface area contributed by atoms with E-state index >= 15 is 0 Å². The maximum absolute atomic E-state index is 8.80. The summed E-state index contributed by atoms with van der Waals surface area (Å²) in [6.07, 6.45) is 0. The van der Waals surface area contributed by atoms with Gasteiger partial charge in [0.05, 0.1) is 7.11 Å². The number of ether oxygens (including phenoxy) is 1. The molecule has 2 aromatic rings. The fourth-order valence-corrected chi connectivity index (χ4v) is 1.13. The number of methoxy groups -OCH3 is 1. The fraction of sp³-hybridized carbons (Fsp3) is 0.400. The summed E-state index contributed by atoms with van der Waals surface area (Å²) in [5.74, 6) is 1.35. The number of aryl methyl sites for hydroxylation is 1. The van der Waals surface area contributed by atoms with Gasteiger partial charge in [-0.3, -0.25) is 0 Å². The Hall–Kier alpha value is -2.10. The number of rotatable bonds is 1. The van der Waals surface area contributed by atoms with Gasteiger partial charge < -0.3 is 14.9 Å². The maximum atomic E-state index is 8.80. The first kappa shape index (κ1) is 29.9. The Morgan fingerprint density at radius 1 is 0.625 bits per heavy atom. The maximum Gasteiger partial charge on any atom is 0.119 e. The van der Waals surface area contributed by atoms with Gasteiger partial charge in [0.2, 0.25) is 0 Å². The van der Waals surface area contributed by atoms with Crippen LogP contribution in [0.5, 0.6) is 17.2 Å². The molecule has 0 aliphatic carbocycles. The lowest BCUT2D eigenvalue weighted by molar-refractivity contribution is 0.412. The van der Waals surface area contributed by atoms with E-state index in [1.807, 2.05) is 60.6 Å². The third-order valence-corrected chi connectivity index (χ3v) is 2.11. The predicted octanol–water partition coefficient (Wildman–Crippen LogP) is 5.80. The molecule has 0 saturated heterocycles. The molecule has 0 amide bonds. The van der Waals surface area contributed by atoms with Crippen LogP contribution in [0.2, 0.25) is 0 Å². The van der Waals surface area contributed by atoms with Crippen LogP contribution in [-0.2, 0) is 0 Å². The van der Waals surface area contributed by atoms with Crippen LogP contribution in [0, 0.1) is 6.92 Å². The third kappa shape index (κ3) is 18.0. The molecule has 0 spiro atoms. The first-order valence-electron chi connectivity index (χ1n) is 8.20. The zero-order valence-corrected chi connectivity index (χ0v) is 16.5. The van der Waals surface area contributed by atoms with Crippen LogP contribution in [0.4, 0.5) is 0 Å². The molecule has 3 radical (unpaired) electrons. The Labute approximate surface area is 150 Å². The quantitative estimate of drug-likeness (QED) is 0.649. The van der Waals surface area contributed by atoms with E-state index in [-0.39, 0.29) is 14.2 Å². The van der Waals surface area contributed by atoms with Crippen molar-refractivity contribution in [1.82, 2.24) is 0 Å². The van der Waals surface area contributed by atoms with Crippen molar-refractivity contribution < 1.29 is 14.9 Å². The molecule has 2 rings (SSSR count). The fourth-order valence-electron chi connectivity index (χ4n) is 1.13. The summed E-state index contributed by atoms with van der Waals surface area (Å²) in [7, 11) is 1.59. The van der Waals surface area contributed by atoms with Crippen molar-refractivity contribution in [1.29, 1.82) is 0 Å². The van der Waals surface area contributed by atoms with Gasteiger partial charge in [0.25, 0.3) is 0 Å². The van der Waals surface area contributed by atoms with Gasteiger partial charge in [-0.2, -0.15) is 0 Å². The molecule has 0 bridgehead atoms. The van der Waals surface area contributed by atoms with Gasteiger partial charge in [0.1, 0.15) is 17.2 Å². The van der Waals surface area contributed by atoms with Crippen molar-refractivity contribution in [3.8, 4) is 17.2 Å². The van der Waals surface area contributed by atoms with Crippen LogP contribution >= 0.6 is 0 Å². The highest BCUT2D eigenvalue weighted by Crippen LogP contribution is 2.14. The molecule has 0 saturated carbocycles. The molecule has 3 nitrogen and oxygen atoms in total. The summed E-state index contributed by atoms with van der Waals surface area (Å²) in [6, 6.07) is 13.7. The van der Waals surface area contributed by atoms with Gasteiger partial charge in [0.15, 0.2) is 0 Å². The number of hydrogen-bond acceptors (Lipinski definition) is 3. The highest BCUT2D eigenvalue weighted by molar-refractivity contribution is 5.75. The zero-order chi connectivity index (χ0) is 18.7. The Morgan fingerprint density at radius 3 is 1.17 bits per heavy atom. The van der Waals surface area contributed by atoms with Crippen LogP contribution in [0.15, 0.2) is 48.5 Å². The van der Waals surface area contributed by atoms with Gasteiger partial charge in [-0.05, 0) is 43.3 Å². The van der Waals surface area contributed by atoms with E-state index in [2.05, 4.69) is 0 Å². The average molecular weight is 333 g/mol. The minimum absolute atomic E-state index is 0. The largest absolute Gasteiger partial charge is 0.508 e. The van der Waals surface area contributed by atoms with Crippen molar-refractivity contribution >= 4 is 8.41 Å². The first-order chi connectivity index (χ1) is 11.1. The van der Waals surface area contributed by atoms with Crippen molar-refractivity contribution in [2.45, 2.75) is 48.5 Å². The van der Waals surface area contributed by atoms with E-state index in [0.717, 1.165) is 5.75 Å². The number of hydrogen-bond donors (Lipinski definition) is 2. The summed E-state index contributed by atoms with van der Waals surface area (Å²) in [4.78, 5) is 0. The lowest BCUT2D eigenvalue weighted by Crippen LogP contribution is -1.79. The molecular formula is C20H34BO3. The van der Waals surface area contributed by atoms with E-state index < -0.39 is 0 Å². The molecule has 0 aliphatic rings. The highest BCUT2D eigenvalue weighted by atomic mass is 16.5.